The molecule has 4 heteroatoms. The van der Waals surface area contributed by atoms with Crippen molar-refractivity contribution in [2.75, 3.05) is 0 Å². The van der Waals surface area contributed by atoms with E-state index in [0.29, 0.717) is 5.89 Å². The largest absolute Gasteiger partial charge is 0.444 e. The van der Waals surface area contributed by atoms with E-state index in [1.807, 2.05) is 12.1 Å². The van der Waals surface area contributed by atoms with Crippen molar-refractivity contribution in [3.05, 3.63) is 59.5 Å². The Bertz CT molecular complexity index is 575. The summed E-state index contributed by atoms with van der Waals surface area (Å²) in [5, 5.41) is 0. The average Bonchev–Trinajstić information content (AvgIpc) is 2.86. The Labute approximate surface area is 114 Å². The summed E-state index contributed by atoms with van der Waals surface area (Å²) in [6.45, 7) is 7.62. The molecule has 0 fully saturated rings. The molecule has 2 aromatic rings. The van der Waals surface area contributed by atoms with E-state index in [1.165, 1.54) is 0 Å². The summed E-state index contributed by atoms with van der Waals surface area (Å²) in [5.74, 6) is 0.519. The van der Waals surface area contributed by atoms with Gasteiger partial charge in [-0.05, 0) is 52.6 Å². The summed E-state index contributed by atoms with van der Waals surface area (Å²) in [5.41, 5.74) is 2.73. The Hall–Kier alpha value is -1.68. The van der Waals surface area contributed by atoms with Crippen LogP contribution < -0.4 is 0 Å². The first kappa shape index (κ1) is 12.8. The van der Waals surface area contributed by atoms with Gasteiger partial charge in [0.15, 0.2) is 0 Å². The minimum atomic E-state index is 0.519. The number of hydrogen-bond acceptors (Lipinski definition) is 3. The normalized spacial score (nSPS) is 10.3. The molecule has 18 heavy (non-hydrogen) atoms. The molecular formula is C14H13BrN2O. The fraction of sp³-hybridized carbons (Fsp3) is 0.143. The molecule has 0 aliphatic heterocycles. The van der Waals surface area contributed by atoms with E-state index in [2.05, 4.69) is 39.1 Å². The number of allylic oxidation sites excluding steroid dienone is 1. The molecule has 2 aromatic heterocycles. The van der Waals surface area contributed by atoms with Gasteiger partial charge in [-0.15, -0.1) is 0 Å². The second kappa shape index (κ2) is 5.78. The quantitative estimate of drug-likeness (QED) is 0.834. The summed E-state index contributed by atoms with van der Waals surface area (Å²) in [6, 6.07) is 3.88. The summed E-state index contributed by atoms with van der Waals surface area (Å²) in [7, 11) is 0. The van der Waals surface area contributed by atoms with Crippen molar-refractivity contribution in [2.24, 2.45) is 0 Å². The molecule has 2 heterocycles. The Kier molecular flexibility index (Phi) is 4.10. The first-order valence-electron chi connectivity index (χ1n) is 5.56. The van der Waals surface area contributed by atoms with Crippen molar-refractivity contribution in [1.82, 2.24) is 9.97 Å². The van der Waals surface area contributed by atoms with Gasteiger partial charge in [0.25, 0.3) is 0 Å². The van der Waals surface area contributed by atoms with Gasteiger partial charge >= 0.3 is 0 Å². The molecule has 92 valence electrons. The number of halogens is 1. The highest BCUT2D eigenvalue weighted by atomic mass is 79.9. The van der Waals surface area contributed by atoms with E-state index in [9.17, 15) is 0 Å². The van der Waals surface area contributed by atoms with Crippen molar-refractivity contribution in [2.45, 2.75) is 12.8 Å². The zero-order valence-electron chi connectivity index (χ0n) is 9.90. The van der Waals surface area contributed by atoms with Crippen LogP contribution in [0.4, 0.5) is 0 Å². The molecule has 0 aromatic carbocycles. The molecule has 0 aliphatic carbocycles. The Morgan fingerprint density at radius 2 is 2.33 bits per heavy atom. The SMILES string of the molecule is C=Cc1nc(C(=C)CCc2ncccc2Br)co1. The van der Waals surface area contributed by atoms with E-state index >= 15 is 0 Å². The molecule has 0 saturated carbocycles. The maximum absolute atomic E-state index is 5.20. The van der Waals surface area contributed by atoms with Gasteiger partial charge in [-0.3, -0.25) is 4.98 Å². The van der Waals surface area contributed by atoms with Crippen molar-refractivity contribution in [3.8, 4) is 0 Å². The van der Waals surface area contributed by atoms with Gasteiger partial charge in [0.05, 0.1) is 5.69 Å². The number of hydrogen-bond donors (Lipinski definition) is 0. The van der Waals surface area contributed by atoms with Crippen molar-refractivity contribution >= 4 is 27.6 Å². The van der Waals surface area contributed by atoms with Crippen LogP contribution in [0.3, 0.4) is 0 Å². The molecular weight excluding hydrogens is 292 g/mol. The minimum Gasteiger partial charge on any atom is -0.444 e. The molecule has 0 unspecified atom stereocenters. The number of pyridine rings is 1. The molecule has 0 aliphatic rings. The maximum Gasteiger partial charge on any atom is 0.218 e. The minimum absolute atomic E-state index is 0.519. The lowest BCUT2D eigenvalue weighted by Crippen LogP contribution is -1.93. The molecule has 0 amide bonds. The third-order valence-corrected chi connectivity index (χ3v) is 3.28. The topological polar surface area (TPSA) is 38.9 Å². The molecule has 0 N–H and O–H groups in total. The highest BCUT2D eigenvalue weighted by Crippen LogP contribution is 2.21. The van der Waals surface area contributed by atoms with Gasteiger partial charge in [-0.2, -0.15) is 0 Å². The fourth-order valence-electron chi connectivity index (χ4n) is 1.54. The predicted molar refractivity (Wildman–Crippen MR) is 75.9 cm³/mol. The van der Waals surface area contributed by atoms with Gasteiger partial charge in [-0.1, -0.05) is 13.2 Å². The highest BCUT2D eigenvalue weighted by molar-refractivity contribution is 9.10. The van der Waals surface area contributed by atoms with Gasteiger partial charge in [0, 0.05) is 10.7 Å². The molecule has 2 rings (SSSR count). The molecule has 0 saturated heterocycles. The smallest absolute Gasteiger partial charge is 0.218 e. The number of aryl methyl sites for hydroxylation is 1. The number of aromatic nitrogens is 2. The lowest BCUT2D eigenvalue weighted by atomic mass is 10.1. The van der Waals surface area contributed by atoms with E-state index in [4.69, 9.17) is 4.42 Å². The third-order valence-electron chi connectivity index (χ3n) is 2.56. The fourth-order valence-corrected chi connectivity index (χ4v) is 2.00. The Morgan fingerprint density at radius 3 is 3.00 bits per heavy atom. The monoisotopic (exact) mass is 304 g/mol. The van der Waals surface area contributed by atoms with Crippen molar-refractivity contribution in [1.29, 1.82) is 0 Å². The Balaban J connectivity index is 2.00. The van der Waals surface area contributed by atoms with Crippen LogP contribution in [0.2, 0.25) is 0 Å². The van der Waals surface area contributed by atoms with Crippen LogP contribution in [0.15, 0.2) is 46.6 Å². The van der Waals surface area contributed by atoms with E-state index < -0.39 is 0 Å². The van der Waals surface area contributed by atoms with Gasteiger partial charge < -0.3 is 4.42 Å². The van der Waals surface area contributed by atoms with Crippen LogP contribution >= 0.6 is 15.9 Å². The van der Waals surface area contributed by atoms with Crippen LogP contribution in [0, 0.1) is 0 Å². The van der Waals surface area contributed by atoms with Crippen LogP contribution in [-0.4, -0.2) is 9.97 Å². The number of nitrogens with zero attached hydrogens (tertiary/aromatic N) is 2. The van der Waals surface area contributed by atoms with Gasteiger partial charge in [-0.25, -0.2) is 4.98 Å². The molecule has 0 radical (unpaired) electrons. The standard InChI is InChI=1S/C14H13BrN2O/c1-3-14-17-13(9-18-14)10(2)6-7-12-11(15)5-4-8-16-12/h3-5,8-9H,1-2,6-7H2. The highest BCUT2D eigenvalue weighted by Gasteiger charge is 2.07. The lowest BCUT2D eigenvalue weighted by molar-refractivity contribution is 0.546. The first-order valence-corrected chi connectivity index (χ1v) is 6.35. The summed E-state index contributed by atoms with van der Waals surface area (Å²) < 4.78 is 6.21. The second-order valence-electron chi connectivity index (χ2n) is 3.81. The first-order chi connectivity index (χ1) is 8.70. The number of rotatable bonds is 5. The zero-order valence-corrected chi connectivity index (χ0v) is 11.5. The summed E-state index contributed by atoms with van der Waals surface area (Å²) in [6.07, 6.45) is 6.57. The van der Waals surface area contributed by atoms with E-state index in [1.54, 1.807) is 18.5 Å². The van der Waals surface area contributed by atoms with Crippen LogP contribution in [0.25, 0.3) is 11.6 Å². The molecule has 0 bridgehead atoms. The Morgan fingerprint density at radius 1 is 1.50 bits per heavy atom. The van der Waals surface area contributed by atoms with E-state index in [-0.39, 0.29) is 0 Å². The molecule has 0 spiro atoms. The van der Waals surface area contributed by atoms with E-state index in [0.717, 1.165) is 34.3 Å². The van der Waals surface area contributed by atoms with Crippen molar-refractivity contribution in [3.63, 3.8) is 0 Å². The lowest BCUT2D eigenvalue weighted by Gasteiger charge is -2.03. The van der Waals surface area contributed by atoms with Crippen molar-refractivity contribution < 1.29 is 4.42 Å². The molecule has 3 nitrogen and oxygen atoms in total. The van der Waals surface area contributed by atoms with Gasteiger partial charge in [0.2, 0.25) is 5.89 Å². The van der Waals surface area contributed by atoms with Crippen LogP contribution in [0.5, 0.6) is 0 Å². The zero-order chi connectivity index (χ0) is 13.0. The second-order valence-corrected chi connectivity index (χ2v) is 4.66. The van der Waals surface area contributed by atoms with Crippen LogP contribution in [-0.2, 0) is 6.42 Å². The predicted octanol–water partition coefficient (Wildman–Crippen LogP) is 4.12. The molecule has 0 atom stereocenters. The van der Waals surface area contributed by atoms with Gasteiger partial charge in [0.1, 0.15) is 12.0 Å². The summed E-state index contributed by atoms with van der Waals surface area (Å²) >= 11 is 3.48. The summed E-state index contributed by atoms with van der Waals surface area (Å²) in [4.78, 5) is 8.56. The van der Waals surface area contributed by atoms with Crippen LogP contribution in [0.1, 0.15) is 23.7 Å². The maximum atomic E-state index is 5.20. The average molecular weight is 305 g/mol. The number of oxazole rings is 1. The third kappa shape index (κ3) is 2.96.